The standard InChI is InChI=1S/C20H16Cl2N6O2/c21-15-7-6-14(17(22)10-15)11-28-12-23-20(26-28)24-19(29)18-8-9-27(25-18)13-30-16-4-2-1-3-5-16/h1-10,12H,11,13H2,(H,24,26,29). The molecule has 0 fully saturated rings. The summed E-state index contributed by atoms with van der Waals surface area (Å²) in [6, 6.07) is 16.2. The van der Waals surface area contributed by atoms with Crippen molar-refractivity contribution in [1.29, 1.82) is 0 Å². The number of hydrogen-bond donors (Lipinski definition) is 1. The van der Waals surface area contributed by atoms with Crippen LogP contribution in [0.15, 0.2) is 67.1 Å². The van der Waals surface area contributed by atoms with E-state index < -0.39 is 5.91 Å². The van der Waals surface area contributed by atoms with Crippen LogP contribution in [0.25, 0.3) is 0 Å². The third-order valence-corrected chi connectivity index (χ3v) is 4.68. The molecule has 2 aromatic heterocycles. The summed E-state index contributed by atoms with van der Waals surface area (Å²) in [5, 5.41) is 12.2. The molecule has 0 unspecified atom stereocenters. The molecule has 2 heterocycles. The summed E-state index contributed by atoms with van der Waals surface area (Å²) in [5.74, 6) is 0.463. The number of benzene rings is 2. The van der Waals surface area contributed by atoms with Gasteiger partial charge in [0.1, 0.15) is 12.1 Å². The average molecular weight is 443 g/mol. The van der Waals surface area contributed by atoms with E-state index in [1.807, 2.05) is 36.4 Å². The second-order valence-corrected chi connectivity index (χ2v) is 7.13. The molecule has 0 bridgehead atoms. The Balaban J connectivity index is 1.35. The molecule has 0 saturated heterocycles. The molecule has 152 valence electrons. The van der Waals surface area contributed by atoms with Crippen LogP contribution in [-0.4, -0.2) is 30.5 Å². The molecule has 0 spiro atoms. The summed E-state index contributed by atoms with van der Waals surface area (Å²) in [4.78, 5) is 16.5. The molecule has 4 aromatic rings. The summed E-state index contributed by atoms with van der Waals surface area (Å²) < 4.78 is 8.69. The van der Waals surface area contributed by atoms with Crippen molar-refractivity contribution in [2.75, 3.05) is 5.32 Å². The van der Waals surface area contributed by atoms with E-state index in [9.17, 15) is 4.79 Å². The molecule has 0 aliphatic heterocycles. The number of rotatable bonds is 7. The highest BCUT2D eigenvalue weighted by Crippen LogP contribution is 2.21. The zero-order chi connectivity index (χ0) is 20.9. The van der Waals surface area contributed by atoms with E-state index in [1.54, 1.807) is 29.1 Å². The van der Waals surface area contributed by atoms with Crippen LogP contribution >= 0.6 is 23.2 Å². The minimum atomic E-state index is -0.421. The maximum absolute atomic E-state index is 12.4. The zero-order valence-electron chi connectivity index (χ0n) is 15.6. The minimum absolute atomic E-state index is 0.167. The van der Waals surface area contributed by atoms with Crippen molar-refractivity contribution in [2.24, 2.45) is 0 Å². The van der Waals surface area contributed by atoms with E-state index in [4.69, 9.17) is 27.9 Å². The lowest BCUT2D eigenvalue weighted by molar-refractivity contribution is 0.101. The number of para-hydroxylation sites is 1. The van der Waals surface area contributed by atoms with Crippen LogP contribution in [0.5, 0.6) is 5.75 Å². The number of ether oxygens (including phenoxy) is 1. The highest BCUT2D eigenvalue weighted by atomic mass is 35.5. The Bertz CT molecular complexity index is 1160. The van der Waals surface area contributed by atoms with Crippen molar-refractivity contribution in [3.8, 4) is 5.75 Å². The first kappa shape index (κ1) is 19.9. The minimum Gasteiger partial charge on any atom is -0.471 e. The van der Waals surface area contributed by atoms with E-state index >= 15 is 0 Å². The van der Waals surface area contributed by atoms with Crippen molar-refractivity contribution in [3.05, 3.63) is 88.4 Å². The van der Waals surface area contributed by atoms with Crippen LogP contribution in [0.2, 0.25) is 10.0 Å². The molecule has 0 aliphatic carbocycles. The molecule has 2 aromatic carbocycles. The van der Waals surface area contributed by atoms with Gasteiger partial charge >= 0.3 is 0 Å². The molecule has 0 saturated carbocycles. The molecule has 8 nitrogen and oxygen atoms in total. The van der Waals surface area contributed by atoms with E-state index in [0.29, 0.717) is 16.6 Å². The maximum Gasteiger partial charge on any atom is 0.278 e. The topological polar surface area (TPSA) is 86.9 Å². The van der Waals surface area contributed by atoms with Gasteiger partial charge in [-0.25, -0.2) is 14.3 Å². The van der Waals surface area contributed by atoms with Crippen LogP contribution in [0.1, 0.15) is 16.1 Å². The summed E-state index contributed by atoms with van der Waals surface area (Å²) in [6.45, 7) is 0.580. The van der Waals surface area contributed by atoms with Crippen LogP contribution in [0, 0.1) is 0 Å². The molecule has 0 atom stereocenters. The molecule has 1 amide bonds. The third-order valence-electron chi connectivity index (χ3n) is 4.09. The average Bonchev–Trinajstić information content (AvgIpc) is 3.39. The first-order chi connectivity index (χ1) is 14.6. The van der Waals surface area contributed by atoms with Gasteiger partial charge in [-0.2, -0.15) is 5.10 Å². The van der Waals surface area contributed by atoms with Gasteiger partial charge < -0.3 is 4.74 Å². The monoisotopic (exact) mass is 442 g/mol. The Morgan fingerprint density at radius 2 is 1.87 bits per heavy atom. The number of nitrogens with one attached hydrogen (secondary N) is 1. The van der Waals surface area contributed by atoms with Crippen LogP contribution < -0.4 is 10.1 Å². The predicted molar refractivity (Wildman–Crippen MR) is 113 cm³/mol. The second kappa shape index (κ2) is 8.98. The molecule has 0 aliphatic rings. The highest BCUT2D eigenvalue weighted by molar-refractivity contribution is 6.35. The van der Waals surface area contributed by atoms with Gasteiger partial charge in [0, 0.05) is 16.2 Å². The Labute approximate surface area is 182 Å². The van der Waals surface area contributed by atoms with Crippen molar-refractivity contribution in [1.82, 2.24) is 24.5 Å². The summed E-state index contributed by atoms with van der Waals surface area (Å²) in [5.41, 5.74) is 1.06. The quantitative estimate of drug-likeness (QED) is 0.465. The molecule has 10 heteroatoms. The van der Waals surface area contributed by atoms with Gasteiger partial charge in [-0.15, -0.1) is 5.10 Å². The van der Waals surface area contributed by atoms with E-state index in [2.05, 4.69) is 20.5 Å². The molecular formula is C20H16Cl2N6O2. The van der Waals surface area contributed by atoms with Gasteiger partial charge in [-0.05, 0) is 35.9 Å². The number of nitrogens with zero attached hydrogens (tertiary/aromatic N) is 5. The largest absolute Gasteiger partial charge is 0.471 e. The number of amides is 1. The second-order valence-electron chi connectivity index (χ2n) is 6.28. The number of carbonyl (C=O) groups is 1. The van der Waals surface area contributed by atoms with Crippen molar-refractivity contribution in [2.45, 2.75) is 13.3 Å². The van der Waals surface area contributed by atoms with E-state index in [1.165, 1.54) is 11.0 Å². The molecule has 30 heavy (non-hydrogen) atoms. The molecular weight excluding hydrogens is 427 g/mol. The van der Waals surface area contributed by atoms with E-state index in [-0.39, 0.29) is 18.4 Å². The fraction of sp³-hybridized carbons (Fsp3) is 0.100. The maximum atomic E-state index is 12.4. The lowest BCUT2D eigenvalue weighted by Gasteiger charge is -2.05. The first-order valence-corrected chi connectivity index (χ1v) is 9.68. The molecule has 1 N–H and O–H groups in total. The highest BCUT2D eigenvalue weighted by Gasteiger charge is 2.13. The fourth-order valence-electron chi connectivity index (χ4n) is 2.63. The van der Waals surface area contributed by atoms with Gasteiger partial charge in [0.25, 0.3) is 5.91 Å². The van der Waals surface area contributed by atoms with Crippen LogP contribution in [0.4, 0.5) is 5.95 Å². The SMILES string of the molecule is O=C(Nc1ncn(Cc2ccc(Cl)cc2Cl)n1)c1ccn(COc2ccccc2)n1. The normalized spacial score (nSPS) is 10.7. The van der Waals surface area contributed by atoms with Gasteiger partial charge in [-0.1, -0.05) is 47.5 Å². The zero-order valence-corrected chi connectivity index (χ0v) is 17.1. The Hall–Kier alpha value is -3.36. The van der Waals surface area contributed by atoms with Gasteiger partial charge in [0.15, 0.2) is 12.4 Å². The van der Waals surface area contributed by atoms with Crippen molar-refractivity contribution in [3.63, 3.8) is 0 Å². The Morgan fingerprint density at radius 1 is 1.03 bits per heavy atom. The molecule has 0 radical (unpaired) electrons. The van der Waals surface area contributed by atoms with E-state index in [0.717, 1.165) is 11.3 Å². The smallest absolute Gasteiger partial charge is 0.278 e. The Morgan fingerprint density at radius 3 is 2.67 bits per heavy atom. The first-order valence-electron chi connectivity index (χ1n) is 8.93. The number of hydrogen-bond acceptors (Lipinski definition) is 5. The van der Waals surface area contributed by atoms with Gasteiger partial charge in [0.2, 0.25) is 5.95 Å². The Kier molecular flexibility index (Phi) is 5.97. The van der Waals surface area contributed by atoms with Gasteiger partial charge in [-0.3, -0.25) is 10.1 Å². The fourth-order valence-corrected chi connectivity index (χ4v) is 3.10. The number of aromatic nitrogens is 5. The van der Waals surface area contributed by atoms with Crippen molar-refractivity contribution < 1.29 is 9.53 Å². The molecule has 4 rings (SSSR count). The summed E-state index contributed by atoms with van der Waals surface area (Å²) in [6.07, 6.45) is 3.17. The summed E-state index contributed by atoms with van der Waals surface area (Å²) >= 11 is 12.1. The lowest BCUT2D eigenvalue weighted by atomic mass is 10.2. The number of carbonyl (C=O) groups excluding carboxylic acids is 1. The number of halogens is 2. The summed E-state index contributed by atoms with van der Waals surface area (Å²) in [7, 11) is 0. The van der Waals surface area contributed by atoms with Gasteiger partial charge in [0.05, 0.1) is 6.54 Å². The van der Waals surface area contributed by atoms with Crippen molar-refractivity contribution >= 4 is 35.1 Å². The third kappa shape index (κ3) is 4.97. The van der Waals surface area contributed by atoms with Crippen LogP contribution in [0.3, 0.4) is 0 Å². The van der Waals surface area contributed by atoms with Crippen LogP contribution in [-0.2, 0) is 13.3 Å². The number of anilines is 1. The lowest BCUT2D eigenvalue weighted by Crippen LogP contribution is -2.15. The predicted octanol–water partition coefficient (Wildman–Crippen LogP) is 4.12.